The molecule has 0 spiro atoms. The van der Waals surface area contributed by atoms with Crippen LogP contribution in [0.25, 0.3) is 6.08 Å². The molecule has 0 unspecified atom stereocenters. The van der Waals surface area contributed by atoms with E-state index in [0.717, 1.165) is 0 Å². The van der Waals surface area contributed by atoms with Crippen LogP contribution >= 0.6 is 11.6 Å². The molecule has 0 aromatic heterocycles. The molecule has 1 amide bonds. The highest BCUT2D eigenvalue weighted by molar-refractivity contribution is 6.41. The SMILES string of the molecule is O=C(COc1ccc(C=C2C(=O)c3ccccc3C2=O)cc1)Nc1cccc(Cl)c1. The number of amides is 1. The number of hydrogen-bond acceptors (Lipinski definition) is 4. The highest BCUT2D eigenvalue weighted by Gasteiger charge is 2.32. The second kappa shape index (κ2) is 8.35. The van der Waals surface area contributed by atoms with E-state index in [-0.39, 0.29) is 29.7 Å². The van der Waals surface area contributed by atoms with Crippen molar-refractivity contribution >= 4 is 40.8 Å². The molecule has 6 heteroatoms. The summed E-state index contributed by atoms with van der Waals surface area (Å²) >= 11 is 5.89. The Bertz CT molecular complexity index is 1140. The molecule has 0 saturated carbocycles. The Labute approximate surface area is 177 Å². The normalized spacial score (nSPS) is 12.5. The standard InChI is InChI=1S/C24H16ClNO4/c25-16-4-3-5-17(13-16)26-22(27)14-30-18-10-8-15(9-11-18)12-21-23(28)19-6-1-2-7-20(19)24(21)29/h1-13H,14H2,(H,26,27). The molecule has 0 radical (unpaired) electrons. The number of carbonyl (C=O) groups excluding carboxylic acids is 3. The van der Waals surface area contributed by atoms with E-state index in [4.69, 9.17) is 16.3 Å². The molecule has 148 valence electrons. The summed E-state index contributed by atoms with van der Waals surface area (Å²) in [6.45, 7) is -0.167. The van der Waals surface area contributed by atoms with E-state index in [1.165, 1.54) is 0 Å². The number of anilines is 1. The Morgan fingerprint density at radius 2 is 1.57 bits per heavy atom. The van der Waals surface area contributed by atoms with Crippen molar-refractivity contribution in [1.29, 1.82) is 0 Å². The summed E-state index contributed by atoms with van der Waals surface area (Å²) in [6.07, 6.45) is 1.57. The van der Waals surface area contributed by atoms with Crippen LogP contribution < -0.4 is 10.1 Å². The Hall–Kier alpha value is -3.70. The summed E-state index contributed by atoms with van der Waals surface area (Å²) in [4.78, 5) is 36.9. The fourth-order valence-electron chi connectivity index (χ4n) is 3.14. The first-order valence-electron chi connectivity index (χ1n) is 9.20. The van der Waals surface area contributed by atoms with Gasteiger partial charge in [0.15, 0.2) is 18.2 Å². The van der Waals surface area contributed by atoms with Crippen LogP contribution in [-0.4, -0.2) is 24.1 Å². The Morgan fingerprint density at radius 1 is 0.900 bits per heavy atom. The third kappa shape index (κ3) is 4.16. The van der Waals surface area contributed by atoms with Crippen LogP contribution in [0.3, 0.4) is 0 Å². The second-order valence-corrected chi connectivity index (χ2v) is 7.11. The predicted molar refractivity (Wildman–Crippen MR) is 115 cm³/mol. The number of carbonyl (C=O) groups is 3. The van der Waals surface area contributed by atoms with E-state index in [1.807, 2.05) is 0 Å². The van der Waals surface area contributed by atoms with Gasteiger partial charge in [-0.15, -0.1) is 0 Å². The predicted octanol–water partition coefficient (Wildman–Crippen LogP) is 4.82. The Morgan fingerprint density at radius 3 is 2.20 bits per heavy atom. The smallest absolute Gasteiger partial charge is 0.262 e. The lowest BCUT2D eigenvalue weighted by molar-refractivity contribution is -0.118. The van der Waals surface area contributed by atoms with Gasteiger partial charge < -0.3 is 10.1 Å². The quantitative estimate of drug-likeness (QED) is 0.477. The molecule has 3 aromatic carbocycles. The highest BCUT2D eigenvalue weighted by atomic mass is 35.5. The Balaban J connectivity index is 1.39. The lowest BCUT2D eigenvalue weighted by atomic mass is 10.1. The number of hydrogen-bond donors (Lipinski definition) is 1. The zero-order valence-corrected chi connectivity index (χ0v) is 16.5. The maximum Gasteiger partial charge on any atom is 0.262 e. The summed E-state index contributed by atoms with van der Waals surface area (Å²) in [5, 5.41) is 3.23. The molecular formula is C24H16ClNO4. The maximum atomic E-state index is 12.5. The maximum absolute atomic E-state index is 12.5. The minimum atomic E-state index is -0.316. The van der Waals surface area contributed by atoms with E-state index in [9.17, 15) is 14.4 Å². The van der Waals surface area contributed by atoms with Crippen LogP contribution in [0.4, 0.5) is 5.69 Å². The first-order valence-corrected chi connectivity index (χ1v) is 9.57. The van der Waals surface area contributed by atoms with Gasteiger partial charge in [-0.2, -0.15) is 0 Å². The van der Waals surface area contributed by atoms with E-state index < -0.39 is 0 Å². The molecular weight excluding hydrogens is 402 g/mol. The largest absolute Gasteiger partial charge is 0.484 e. The van der Waals surface area contributed by atoms with Gasteiger partial charge in [0.05, 0.1) is 5.57 Å². The summed E-state index contributed by atoms with van der Waals surface area (Å²) in [5.41, 5.74) is 2.28. The number of fused-ring (bicyclic) bond motifs is 1. The first-order chi connectivity index (χ1) is 14.5. The molecule has 30 heavy (non-hydrogen) atoms. The average molecular weight is 418 g/mol. The summed E-state index contributed by atoms with van der Waals surface area (Å²) in [7, 11) is 0. The third-order valence-electron chi connectivity index (χ3n) is 4.57. The molecule has 0 heterocycles. The minimum Gasteiger partial charge on any atom is -0.484 e. The number of Topliss-reactive ketones (excluding diaryl/α,β-unsaturated/α-hetero) is 2. The number of ether oxygens (including phenoxy) is 1. The van der Waals surface area contributed by atoms with Crippen LogP contribution in [0.2, 0.25) is 5.02 Å². The summed E-state index contributed by atoms with van der Waals surface area (Å²) in [6, 6.07) is 20.4. The molecule has 0 atom stereocenters. The third-order valence-corrected chi connectivity index (χ3v) is 4.81. The molecule has 0 aliphatic heterocycles. The van der Waals surface area contributed by atoms with Crippen molar-refractivity contribution in [2.75, 3.05) is 11.9 Å². The average Bonchev–Trinajstić information content (AvgIpc) is 2.98. The number of halogens is 1. The zero-order valence-electron chi connectivity index (χ0n) is 15.7. The van der Waals surface area contributed by atoms with Crippen LogP contribution in [0.5, 0.6) is 5.75 Å². The monoisotopic (exact) mass is 417 g/mol. The molecule has 0 saturated heterocycles. The Kier molecular flexibility index (Phi) is 5.46. The highest BCUT2D eigenvalue weighted by Crippen LogP contribution is 2.28. The molecule has 3 aromatic rings. The number of rotatable bonds is 5. The molecule has 0 bridgehead atoms. The van der Waals surface area contributed by atoms with Crippen molar-refractivity contribution in [3.8, 4) is 5.75 Å². The molecule has 1 N–H and O–H groups in total. The van der Waals surface area contributed by atoms with E-state index in [2.05, 4.69) is 5.32 Å². The number of ketones is 2. The van der Waals surface area contributed by atoms with Crippen molar-refractivity contribution in [2.24, 2.45) is 0 Å². The molecule has 1 aliphatic rings. The molecule has 5 nitrogen and oxygen atoms in total. The van der Waals surface area contributed by atoms with E-state index in [1.54, 1.807) is 78.9 Å². The van der Waals surface area contributed by atoms with Crippen LogP contribution in [0, 0.1) is 0 Å². The van der Waals surface area contributed by atoms with Crippen molar-refractivity contribution in [1.82, 2.24) is 0 Å². The zero-order chi connectivity index (χ0) is 21.1. The van der Waals surface area contributed by atoms with Gasteiger partial charge in [-0.3, -0.25) is 14.4 Å². The van der Waals surface area contributed by atoms with Gasteiger partial charge in [0, 0.05) is 21.8 Å². The fraction of sp³-hybridized carbons (Fsp3) is 0.0417. The van der Waals surface area contributed by atoms with Gasteiger partial charge in [-0.25, -0.2) is 0 Å². The lowest BCUT2D eigenvalue weighted by Crippen LogP contribution is -2.20. The molecule has 1 aliphatic carbocycles. The first kappa shape index (κ1) is 19.6. The van der Waals surface area contributed by atoms with Gasteiger partial charge in [0.2, 0.25) is 0 Å². The summed E-state index contributed by atoms with van der Waals surface area (Å²) < 4.78 is 5.49. The minimum absolute atomic E-state index is 0.144. The van der Waals surface area contributed by atoms with Crippen LogP contribution in [0.15, 0.2) is 78.4 Å². The number of benzene rings is 3. The van der Waals surface area contributed by atoms with Gasteiger partial charge >= 0.3 is 0 Å². The fourth-order valence-corrected chi connectivity index (χ4v) is 3.33. The number of allylic oxidation sites excluding steroid dienone is 1. The van der Waals surface area contributed by atoms with Crippen molar-refractivity contribution in [2.45, 2.75) is 0 Å². The van der Waals surface area contributed by atoms with Gasteiger partial charge in [0.1, 0.15) is 5.75 Å². The van der Waals surface area contributed by atoms with Gasteiger partial charge in [-0.05, 0) is 42.0 Å². The van der Waals surface area contributed by atoms with Gasteiger partial charge in [-0.1, -0.05) is 54.1 Å². The van der Waals surface area contributed by atoms with E-state index in [0.29, 0.717) is 33.1 Å². The second-order valence-electron chi connectivity index (χ2n) is 6.68. The van der Waals surface area contributed by atoms with E-state index >= 15 is 0 Å². The van der Waals surface area contributed by atoms with Crippen molar-refractivity contribution in [3.05, 3.63) is 100 Å². The lowest BCUT2D eigenvalue weighted by Gasteiger charge is -2.08. The number of nitrogens with one attached hydrogen (secondary N) is 1. The van der Waals surface area contributed by atoms with Crippen molar-refractivity contribution < 1.29 is 19.1 Å². The molecule has 0 fully saturated rings. The summed E-state index contributed by atoms with van der Waals surface area (Å²) in [5.74, 6) is -0.364. The molecule has 4 rings (SSSR count). The van der Waals surface area contributed by atoms with Crippen LogP contribution in [0.1, 0.15) is 26.3 Å². The van der Waals surface area contributed by atoms with Crippen molar-refractivity contribution in [3.63, 3.8) is 0 Å². The van der Waals surface area contributed by atoms with Gasteiger partial charge in [0.25, 0.3) is 5.91 Å². The topological polar surface area (TPSA) is 72.5 Å². The van der Waals surface area contributed by atoms with Crippen LogP contribution in [-0.2, 0) is 4.79 Å².